The number of benzene rings is 1. The summed E-state index contributed by atoms with van der Waals surface area (Å²) in [6.45, 7) is 4.63. The number of aromatic nitrogens is 2. The molecule has 0 unspecified atom stereocenters. The van der Waals surface area contributed by atoms with E-state index in [1.165, 1.54) is 5.56 Å². The number of nitrogens with zero attached hydrogens (tertiary/aromatic N) is 5. The summed E-state index contributed by atoms with van der Waals surface area (Å²) in [4.78, 5) is 39.3. The quantitative estimate of drug-likeness (QED) is 0.849. The number of piperazine rings is 1. The van der Waals surface area contributed by atoms with Gasteiger partial charge in [0.25, 0.3) is 5.91 Å². The molecule has 150 valence electrons. The summed E-state index contributed by atoms with van der Waals surface area (Å²) in [5.74, 6) is 0.883. The molecule has 0 spiro atoms. The lowest BCUT2D eigenvalue weighted by Gasteiger charge is -2.27. The van der Waals surface area contributed by atoms with Crippen LogP contribution >= 0.6 is 0 Å². The van der Waals surface area contributed by atoms with E-state index >= 15 is 0 Å². The highest BCUT2D eigenvalue weighted by atomic mass is 16.2. The second-order valence-electron chi connectivity index (χ2n) is 7.67. The van der Waals surface area contributed by atoms with Crippen LogP contribution in [-0.2, 0) is 11.2 Å². The maximum absolute atomic E-state index is 12.6. The average Bonchev–Trinajstić information content (AvgIpc) is 3.39. The highest BCUT2D eigenvalue weighted by Gasteiger charge is 2.27. The van der Waals surface area contributed by atoms with Gasteiger partial charge in [0, 0.05) is 57.1 Å². The van der Waals surface area contributed by atoms with E-state index in [2.05, 4.69) is 32.3 Å². The summed E-state index contributed by atoms with van der Waals surface area (Å²) in [6.07, 6.45) is 5.72. The Hall–Kier alpha value is -3.00. The van der Waals surface area contributed by atoms with Gasteiger partial charge in [0.15, 0.2) is 5.82 Å². The molecule has 0 saturated carbocycles. The van der Waals surface area contributed by atoms with Gasteiger partial charge >= 0.3 is 0 Å². The lowest BCUT2D eigenvalue weighted by atomic mass is 10.1. The third-order valence-electron chi connectivity index (χ3n) is 5.88. The molecule has 0 aliphatic carbocycles. The highest BCUT2D eigenvalue weighted by Crippen LogP contribution is 2.36. The molecule has 4 heterocycles. The van der Waals surface area contributed by atoms with E-state index in [9.17, 15) is 9.59 Å². The molecular weight excluding hydrogens is 368 g/mol. The first-order chi connectivity index (χ1) is 14.2. The number of hydrogen-bond acceptors (Lipinski definition) is 6. The molecule has 2 aromatic rings. The van der Waals surface area contributed by atoms with Gasteiger partial charge in [0.05, 0.1) is 12.4 Å². The molecule has 1 N–H and O–H groups in total. The van der Waals surface area contributed by atoms with Crippen molar-refractivity contribution in [1.29, 1.82) is 0 Å². The number of fused-ring (bicyclic) bond motifs is 1. The van der Waals surface area contributed by atoms with Crippen molar-refractivity contribution in [3.8, 4) is 0 Å². The summed E-state index contributed by atoms with van der Waals surface area (Å²) in [6, 6.07) is 6.19. The number of amides is 2. The number of nitrogens with one attached hydrogen (secondary N) is 1. The van der Waals surface area contributed by atoms with Crippen LogP contribution < -0.4 is 15.1 Å². The molecule has 2 saturated heterocycles. The van der Waals surface area contributed by atoms with Crippen molar-refractivity contribution >= 4 is 29.0 Å². The number of rotatable bonds is 3. The van der Waals surface area contributed by atoms with Crippen molar-refractivity contribution in [2.45, 2.75) is 19.3 Å². The first-order valence-electron chi connectivity index (χ1n) is 10.2. The number of hydrogen-bond donors (Lipinski definition) is 1. The molecule has 3 aliphatic heterocycles. The van der Waals surface area contributed by atoms with Gasteiger partial charge in [-0.05, 0) is 36.6 Å². The van der Waals surface area contributed by atoms with Crippen LogP contribution in [0.1, 0.15) is 28.9 Å². The summed E-state index contributed by atoms with van der Waals surface area (Å²) >= 11 is 0. The largest absolute Gasteiger partial charge is 0.335 e. The summed E-state index contributed by atoms with van der Waals surface area (Å²) in [5, 5.41) is 3.24. The lowest BCUT2D eigenvalue weighted by Crippen LogP contribution is -2.46. The Bertz CT molecular complexity index is 939. The van der Waals surface area contributed by atoms with Crippen molar-refractivity contribution in [2.24, 2.45) is 0 Å². The van der Waals surface area contributed by atoms with E-state index in [4.69, 9.17) is 0 Å². The van der Waals surface area contributed by atoms with Crippen LogP contribution in [0.15, 0.2) is 30.6 Å². The fourth-order valence-corrected chi connectivity index (χ4v) is 4.32. The monoisotopic (exact) mass is 392 g/mol. The smallest absolute Gasteiger partial charge is 0.274 e. The topological polar surface area (TPSA) is 81.7 Å². The van der Waals surface area contributed by atoms with E-state index in [1.54, 1.807) is 12.4 Å². The summed E-state index contributed by atoms with van der Waals surface area (Å²) in [7, 11) is 0. The fourth-order valence-electron chi connectivity index (χ4n) is 4.32. The molecule has 1 aromatic heterocycles. The van der Waals surface area contributed by atoms with Gasteiger partial charge < -0.3 is 20.0 Å². The Morgan fingerprint density at radius 2 is 1.83 bits per heavy atom. The van der Waals surface area contributed by atoms with Gasteiger partial charge in [-0.2, -0.15) is 0 Å². The van der Waals surface area contributed by atoms with Crippen LogP contribution in [0, 0.1) is 0 Å². The number of anilines is 3. The van der Waals surface area contributed by atoms with Gasteiger partial charge in [0.2, 0.25) is 5.91 Å². The van der Waals surface area contributed by atoms with Gasteiger partial charge in [-0.15, -0.1) is 0 Å². The van der Waals surface area contributed by atoms with E-state index in [0.717, 1.165) is 56.2 Å². The van der Waals surface area contributed by atoms with Crippen molar-refractivity contribution in [3.63, 3.8) is 0 Å². The molecule has 8 heteroatoms. The van der Waals surface area contributed by atoms with Gasteiger partial charge in [0.1, 0.15) is 5.69 Å². The second-order valence-corrected chi connectivity index (χ2v) is 7.67. The minimum absolute atomic E-state index is 0.0627. The molecule has 5 rings (SSSR count). The molecule has 29 heavy (non-hydrogen) atoms. The first kappa shape index (κ1) is 18.1. The Balaban J connectivity index is 1.34. The minimum atomic E-state index is -0.0627. The molecule has 2 fully saturated rings. The molecule has 0 bridgehead atoms. The zero-order valence-corrected chi connectivity index (χ0v) is 16.3. The second kappa shape index (κ2) is 7.44. The summed E-state index contributed by atoms with van der Waals surface area (Å²) in [5.41, 5.74) is 3.68. The molecule has 1 aromatic carbocycles. The Labute approximate surface area is 169 Å². The predicted molar refractivity (Wildman–Crippen MR) is 110 cm³/mol. The zero-order valence-electron chi connectivity index (χ0n) is 16.3. The predicted octanol–water partition coefficient (Wildman–Crippen LogP) is 1.34. The molecule has 0 radical (unpaired) electrons. The van der Waals surface area contributed by atoms with Gasteiger partial charge in [-0.1, -0.05) is 0 Å². The summed E-state index contributed by atoms with van der Waals surface area (Å²) < 4.78 is 0. The van der Waals surface area contributed by atoms with E-state index in [1.807, 2.05) is 15.9 Å². The van der Waals surface area contributed by atoms with E-state index in [0.29, 0.717) is 25.2 Å². The maximum atomic E-state index is 12.6. The van der Waals surface area contributed by atoms with E-state index in [-0.39, 0.29) is 11.8 Å². The third-order valence-corrected chi connectivity index (χ3v) is 5.88. The normalized spacial score (nSPS) is 19.0. The van der Waals surface area contributed by atoms with Gasteiger partial charge in [-0.3, -0.25) is 9.59 Å². The average molecular weight is 392 g/mol. The molecule has 3 aliphatic rings. The Morgan fingerprint density at radius 1 is 0.966 bits per heavy atom. The molecule has 8 nitrogen and oxygen atoms in total. The van der Waals surface area contributed by atoms with Crippen molar-refractivity contribution in [3.05, 3.63) is 41.9 Å². The van der Waals surface area contributed by atoms with E-state index < -0.39 is 0 Å². The van der Waals surface area contributed by atoms with Crippen molar-refractivity contribution in [2.75, 3.05) is 49.1 Å². The van der Waals surface area contributed by atoms with Gasteiger partial charge in [-0.25, -0.2) is 9.97 Å². The first-order valence-corrected chi connectivity index (χ1v) is 10.2. The maximum Gasteiger partial charge on any atom is 0.274 e. The molecular formula is C21H24N6O2. The third kappa shape index (κ3) is 3.33. The van der Waals surface area contributed by atoms with Crippen molar-refractivity contribution < 1.29 is 9.59 Å². The van der Waals surface area contributed by atoms with Crippen LogP contribution in [0.25, 0.3) is 0 Å². The SMILES string of the molecule is O=C(c1cnc(N2CCc3cc(N4CCCC4=O)ccc32)cn1)N1CCNCC1. The molecule has 0 atom stereocenters. The van der Waals surface area contributed by atoms with Crippen LogP contribution in [0.4, 0.5) is 17.2 Å². The Kier molecular flexibility index (Phi) is 4.63. The highest BCUT2D eigenvalue weighted by molar-refractivity contribution is 5.96. The Morgan fingerprint density at radius 3 is 2.55 bits per heavy atom. The number of carbonyl (C=O) groups excluding carboxylic acids is 2. The van der Waals surface area contributed by atoms with Crippen LogP contribution in [0.3, 0.4) is 0 Å². The van der Waals surface area contributed by atoms with Crippen molar-refractivity contribution in [1.82, 2.24) is 20.2 Å². The lowest BCUT2D eigenvalue weighted by molar-refractivity contribution is -0.117. The fraction of sp³-hybridized carbons (Fsp3) is 0.429. The molecule has 2 amide bonds. The van der Waals surface area contributed by atoms with Crippen LogP contribution in [0.2, 0.25) is 0 Å². The van der Waals surface area contributed by atoms with Crippen LogP contribution in [-0.4, -0.2) is 66.0 Å². The van der Waals surface area contributed by atoms with Crippen LogP contribution in [0.5, 0.6) is 0 Å². The number of carbonyl (C=O) groups is 2. The minimum Gasteiger partial charge on any atom is -0.335 e. The zero-order chi connectivity index (χ0) is 19.8. The standard InChI is InChI=1S/C21H24N6O2/c28-20-2-1-8-26(20)16-3-4-18-15(12-16)5-9-27(18)19-14-23-17(13-24-19)21(29)25-10-6-22-7-11-25/h3-4,12-14,22H,1-2,5-11H2.